The van der Waals surface area contributed by atoms with Gasteiger partial charge in [-0.15, -0.1) is 0 Å². The number of hydrogen-bond donors (Lipinski definition) is 1. The molecule has 1 aliphatic heterocycles. The molecule has 1 aromatic heterocycles. The van der Waals surface area contributed by atoms with Crippen LogP contribution in [0.1, 0.15) is 5.69 Å². The van der Waals surface area contributed by atoms with Gasteiger partial charge in [0.15, 0.2) is 0 Å². The zero-order valence-corrected chi connectivity index (χ0v) is 18.1. The first-order valence-electron chi connectivity index (χ1n) is 6.28. The summed E-state index contributed by atoms with van der Waals surface area (Å²) in [5.74, 6) is 0.775. The predicted octanol–water partition coefficient (Wildman–Crippen LogP) is 4.74. The zero-order chi connectivity index (χ0) is 15.9. The Morgan fingerprint density at radius 1 is 1.23 bits per heavy atom. The third-order valence-corrected chi connectivity index (χ3v) is 7.95. The fourth-order valence-electron chi connectivity index (χ4n) is 2.13. The summed E-state index contributed by atoms with van der Waals surface area (Å²) in [4.78, 5) is 0. The van der Waals surface area contributed by atoms with Gasteiger partial charge in [-0.05, 0) is 0 Å². The molecule has 3 rings (SSSR count). The second kappa shape index (κ2) is 6.71. The Morgan fingerprint density at radius 2 is 2.00 bits per heavy atom. The van der Waals surface area contributed by atoms with E-state index in [1.54, 1.807) is 6.07 Å². The molecular weight excluding hydrogens is 520 g/mol. The molecule has 1 aromatic carbocycles. The Bertz CT molecular complexity index is 815. The van der Waals surface area contributed by atoms with Gasteiger partial charge in [0.2, 0.25) is 0 Å². The molecule has 0 fully saturated rings. The van der Waals surface area contributed by atoms with E-state index in [0.29, 0.717) is 10.0 Å². The van der Waals surface area contributed by atoms with Gasteiger partial charge < -0.3 is 0 Å². The molecule has 0 saturated carbocycles. The minimum absolute atomic E-state index is 0.393. The van der Waals surface area contributed by atoms with E-state index in [2.05, 4.69) is 54.4 Å². The standard InChI is InChI=1S/C14H11Br2Cl2N3Se/c1-19-14-12(16)13(10-4-5-11(15)22-10)21(20-14)9-3-2-7(17)6-8(9)18/h2-6H,22H2,1H3,(H,19,20). The second-order valence-electron chi connectivity index (χ2n) is 4.49. The average molecular weight is 531 g/mol. The van der Waals surface area contributed by atoms with Gasteiger partial charge in [-0.3, -0.25) is 0 Å². The van der Waals surface area contributed by atoms with Gasteiger partial charge in [-0.1, -0.05) is 0 Å². The molecule has 0 aliphatic carbocycles. The summed E-state index contributed by atoms with van der Waals surface area (Å²) in [6, 6.07) is 5.42. The number of anilines is 1. The van der Waals surface area contributed by atoms with E-state index < -0.39 is 15.0 Å². The molecule has 1 N–H and O–H groups in total. The van der Waals surface area contributed by atoms with E-state index >= 15 is 0 Å². The van der Waals surface area contributed by atoms with Crippen LogP contribution in [0.15, 0.2) is 38.2 Å². The molecule has 116 valence electrons. The number of benzene rings is 1. The third kappa shape index (κ3) is 3.05. The Labute approximate surface area is 161 Å². The number of halogens is 4. The van der Waals surface area contributed by atoms with Crippen molar-refractivity contribution in [3.63, 3.8) is 0 Å². The van der Waals surface area contributed by atoms with E-state index in [1.807, 2.05) is 23.9 Å². The van der Waals surface area contributed by atoms with E-state index in [-0.39, 0.29) is 0 Å². The van der Waals surface area contributed by atoms with Gasteiger partial charge >= 0.3 is 162 Å². The number of allylic oxidation sites excluding steroid dienone is 2. The SMILES string of the molecule is CNc1nn(-c2ccc(Cl)cc2Cl)c(C2=CC=C(Br)[SeH2]2)c1Br. The van der Waals surface area contributed by atoms with Crippen LogP contribution in [0.2, 0.25) is 10.0 Å². The summed E-state index contributed by atoms with van der Waals surface area (Å²) in [7, 11) is 1.85. The maximum atomic E-state index is 6.36. The van der Waals surface area contributed by atoms with Crippen LogP contribution in [-0.2, 0) is 0 Å². The summed E-state index contributed by atoms with van der Waals surface area (Å²) in [6.07, 6.45) is 4.23. The molecule has 0 bridgehead atoms. The zero-order valence-electron chi connectivity index (χ0n) is 11.3. The topological polar surface area (TPSA) is 29.9 Å². The molecule has 22 heavy (non-hydrogen) atoms. The van der Waals surface area contributed by atoms with Gasteiger partial charge in [-0.2, -0.15) is 0 Å². The van der Waals surface area contributed by atoms with Gasteiger partial charge in [0, 0.05) is 0 Å². The fourth-order valence-corrected chi connectivity index (χ4v) is 6.87. The van der Waals surface area contributed by atoms with Crippen molar-refractivity contribution < 1.29 is 0 Å². The Hall–Kier alpha value is -0.231. The number of hydrogen-bond acceptors (Lipinski definition) is 2. The van der Waals surface area contributed by atoms with Crippen molar-refractivity contribution >= 4 is 80.3 Å². The molecule has 0 saturated heterocycles. The first-order valence-corrected chi connectivity index (χ1v) is 10.7. The van der Waals surface area contributed by atoms with E-state index in [0.717, 1.165) is 21.7 Å². The molecular formula is C14H11Br2Cl2N3Se. The monoisotopic (exact) mass is 529 g/mol. The molecule has 0 radical (unpaired) electrons. The van der Waals surface area contributed by atoms with E-state index in [9.17, 15) is 0 Å². The van der Waals surface area contributed by atoms with Crippen molar-refractivity contribution in [2.45, 2.75) is 0 Å². The third-order valence-electron chi connectivity index (χ3n) is 3.11. The van der Waals surface area contributed by atoms with Crippen LogP contribution in [0.3, 0.4) is 0 Å². The van der Waals surface area contributed by atoms with Gasteiger partial charge in [0.05, 0.1) is 0 Å². The quantitative estimate of drug-likeness (QED) is 0.581. The van der Waals surface area contributed by atoms with Crippen molar-refractivity contribution in [2.24, 2.45) is 0 Å². The first-order chi connectivity index (χ1) is 10.5. The second-order valence-corrected chi connectivity index (χ2v) is 11.3. The van der Waals surface area contributed by atoms with E-state index in [4.69, 9.17) is 23.2 Å². The van der Waals surface area contributed by atoms with Crippen molar-refractivity contribution in [1.29, 1.82) is 0 Å². The molecule has 1 aliphatic rings. The Balaban J connectivity index is 2.19. The van der Waals surface area contributed by atoms with Crippen LogP contribution in [0.4, 0.5) is 5.82 Å². The fraction of sp³-hybridized carbons (Fsp3) is 0.0714. The van der Waals surface area contributed by atoms with Gasteiger partial charge in [0.1, 0.15) is 0 Å². The minimum atomic E-state index is -0.393. The summed E-state index contributed by atoms with van der Waals surface area (Å²) in [5.41, 5.74) is 1.83. The normalized spacial score (nSPS) is 15.9. The first kappa shape index (κ1) is 16.6. The maximum absolute atomic E-state index is 6.36. The Morgan fingerprint density at radius 3 is 2.59 bits per heavy atom. The summed E-state index contributed by atoms with van der Waals surface area (Å²) in [5, 5.41) is 8.90. The summed E-state index contributed by atoms with van der Waals surface area (Å²) >= 11 is 19.2. The van der Waals surface area contributed by atoms with Crippen LogP contribution in [0.5, 0.6) is 0 Å². The number of nitrogens with zero attached hydrogens (tertiary/aromatic N) is 2. The van der Waals surface area contributed by atoms with Crippen LogP contribution in [0, 0.1) is 0 Å². The molecule has 3 nitrogen and oxygen atoms in total. The molecule has 0 unspecified atom stereocenters. The predicted molar refractivity (Wildman–Crippen MR) is 104 cm³/mol. The van der Waals surface area contributed by atoms with Crippen LogP contribution in [0.25, 0.3) is 10.2 Å². The van der Waals surface area contributed by atoms with Gasteiger partial charge in [-0.25, -0.2) is 0 Å². The molecule has 0 amide bonds. The molecule has 8 heteroatoms. The molecule has 0 spiro atoms. The molecule has 0 atom stereocenters. The molecule has 2 aromatic rings. The summed E-state index contributed by atoms with van der Waals surface area (Å²) in [6.45, 7) is 0. The number of rotatable bonds is 3. The van der Waals surface area contributed by atoms with Crippen LogP contribution >= 0.6 is 55.1 Å². The van der Waals surface area contributed by atoms with Crippen molar-refractivity contribution in [1.82, 2.24) is 9.78 Å². The molecule has 2 heterocycles. The van der Waals surface area contributed by atoms with E-state index in [1.165, 1.54) is 7.85 Å². The summed E-state index contributed by atoms with van der Waals surface area (Å²) < 4.78 is 5.34. The van der Waals surface area contributed by atoms with Crippen LogP contribution in [-0.4, -0.2) is 31.8 Å². The number of nitrogens with one attached hydrogen (secondary N) is 1. The number of aromatic nitrogens is 2. The van der Waals surface area contributed by atoms with Crippen molar-refractivity contribution in [3.05, 3.63) is 53.9 Å². The Kier molecular flexibility index (Phi) is 5.07. The van der Waals surface area contributed by atoms with Crippen molar-refractivity contribution in [3.8, 4) is 5.69 Å². The van der Waals surface area contributed by atoms with Crippen molar-refractivity contribution in [2.75, 3.05) is 12.4 Å². The average Bonchev–Trinajstić information content (AvgIpc) is 3.02. The van der Waals surface area contributed by atoms with Gasteiger partial charge in [0.25, 0.3) is 0 Å². The van der Waals surface area contributed by atoms with Crippen LogP contribution < -0.4 is 5.32 Å².